The van der Waals surface area contributed by atoms with Crippen molar-refractivity contribution < 1.29 is 14.7 Å². The number of thiocarbonyl (C=S) groups is 1. The molecule has 1 aliphatic heterocycles. The number of thioether (sulfide) groups is 1. The summed E-state index contributed by atoms with van der Waals surface area (Å²) in [7, 11) is 0. The lowest BCUT2D eigenvalue weighted by molar-refractivity contribution is -0.137. The normalized spacial score (nSPS) is 15.4. The average Bonchev–Trinajstić information content (AvgIpc) is 2.96. The smallest absolute Gasteiger partial charge is 0.303 e. The highest BCUT2D eigenvalue weighted by molar-refractivity contribution is 8.26. The van der Waals surface area contributed by atoms with Crippen molar-refractivity contribution in [3.05, 3.63) is 65.1 Å². The van der Waals surface area contributed by atoms with E-state index in [2.05, 4.69) is 12.1 Å². The van der Waals surface area contributed by atoms with Gasteiger partial charge in [0.05, 0.1) is 4.91 Å². The predicted molar refractivity (Wildman–Crippen MR) is 118 cm³/mol. The third kappa shape index (κ3) is 5.30. The van der Waals surface area contributed by atoms with Crippen LogP contribution in [-0.4, -0.2) is 32.7 Å². The molecule has 1 amide bonds. The minimum Gasteiger partial charge on any atom is -0.481 e. The molecule has 1 heterocycles. The maximum Gasteiger partial charge on any atom is 0.303 e. The molecule has 3 rings (SSSR count). The van der Waals surface area contributed by atoms with E-state index in [9.17, 15) is 9.59 Å². The highest BCUT2D eigenvalue weighted by Gasteiger charge is 2.31. The Labute approximate surface area is 174 Å². The molecule has 0 aromatic heterocycles. The number of carboxylic acid groups (broad SMARTS) is 1. The number of rotatable bonds is 8. The lowest BCUT2D eigenvalue weighted by atomic mass is 10.0. The summed E-state index contributed by atoms with van der Waals surface area (Å²) in [6.07, 6.45) is 4.17. The minimum absolute atomic E-state index is 0.0691. The first kappa shape index (κ1) is 20.3. The SMILES string of the molecule is O=C(O)CCCCCN1C(=O)/C(=C/c2ccc(-c3ccccc3)cc2)SC1=S. The minimum atomic E-state index is -0.785. The Morgan fingerprint density at radius 3 is 2.36 bits per heavy atom. The Morgan fingerprint density at radius 2 is 1.68 bits per heavy atom. The third-order valence-electron chi connectivity index (χ3n) is 4.46. The van der Waals surface area contributed by atoms with Gasteiger partial charge in [0.1, 0.15) is 4.32 Å². The summed E-state index contributed by atoms with van der Waals surface area (Å²) in [6.45, 7) is 0.536. The van der Waals surface area contributed by atoms with Gasteiger partial charge in [-0.05, 0) is 35.6 Å². The number of carboxylic acids is 1. The van der Waals surface area contributed by atoms with E-state index in [4.69, 9.17) is 17.3 Å². The van der Waals surface area contributed by atoms with Gasteiger partial charge in [-0.1, -0.05) is 85.0 Å². The van der Waals surface area contributed by atoms with E-state index in [1.54, 1.807) is 4.90 Å². The molecule has 0 aliphatic carbocycles. The Kier molecular flexibility index (Phi) is 7.01. The lowest BCUT2D eigenvalue weighted by Gasteiger charge is -2.13. The Balaban J connectivity index is 1.60. The summed E-state index contributed by atoms with van der Waals surface area (Å²) in [5.74, 6) is -0.854. The van der Waals surface area contributed by atoms with E-state index in [1.807, 2.05) is 48.5 Å². The molecule has 144 valence electrons. The molecule has 2 aromatic rings. The average molecular weight is 412 g/mol. The Morgan fingerprint density at radius 1 is 1.00 bits per heavy atom. The number of hydrogen-bond donors (Lipinski definition) is 1. The van der Waals surface area contributed by atoms with Crippen LogP contribution >= 0.6 is 24.0 Å². The fourth-order valence-electron chi connectivity index (χ4n) is 2.97. The number of hydrogen-bond acceptors (Lipinski definition) is 4. The second kappa shape index (κ2) is 9.66. The Bertz CT molecular complexity index is 892. The van der Waals surface area contributed by atoms with Gasteiger partial charge < -0.3 is 5.11 Å². The summed E-state index contributed by atoms with van der Waals surface area (Å²) >= 11 is 6.67. The summed E-state index contributed by atoms with van der Waals surface area (Å²) in [6, 6.07) is 18.2. The second-order valence-electron chi connectivity index (χ2n) is 6.53. The third-order valence-corrected chi connectivity index (χ3v) is 5.84. The molecule has 28 heavy (non-hydrogen) atoms. The maximum atomic E-state index is 12.6. The molecule has 2 aromatic carbocycles. The zero-order valence-electron chi connectivity index (χ0n) is 15.3. The van der Waals surface area contributed by atoms with E-state index in [-0.39, 0.29) is 12.3 Å². The lowest BCUT2D eigenvalue weighted by Crippen LogP contribution is -2.29. The van der Waals surface area contributed by atoms with Gasteiger partial charge >= 0.3 is 5.97 Å². The quantitative estimate of drug-likeness (QED) is 0.368. The predicted octanol–water partition coefficient (Wildman–Crippen LogP) is 5.20. The van der Waals surface area contributed by atoms with E-state index in [0.29, 0.717) is 22.2 Å². The van der Waals surface area contributed by atoms with Crippen molar-refractivity contribution in [3.63, 3.8) is 0 Å². The van der Waals surface area contributed by atoms with Crippen LogP contribution in [0.1, 0.15) is 31.2 Å². The van der Waals surface area contributed by atoms with Gasteiger partial charge in [-0.3, -0.25) is 14.5 Å². The van der Waals surface area contributed by atoms with E-state index >= 15 is 0 Å². The molecular formula is C22H21NO3S2. The molecule has 0 unspecified atom stereocenters. The summed E-state index contributed by atoms with van der Waals surface area (Å²) in [5.41, 5.74) is 3.25. The van der Waals surface area contributed by atoms with Crippen LogP contribution in [-0.2, 0) is 9.59 Å². The van der Waals surface area contributed by atoms with Crippen molar-refractivity contribution in [2.24, 2.45) is 0 Å². The van der Waals surface area contributed by atoms with Gasteiger partial charge in [-0.2, -0.15) is 0 Å². The van der Waals surface area contributed by atoms with Gasteiger partial charge in [0.15, 0.2) is 0 Å². The summed E-state index contributed by atoms with van der Waals surface area (Å²) < 4.78 is 0.565. The largest absolute Gasteiger partial charge is 0.481 e. The zero-order chi connectivity index (χ0) is 19.9. The molecule has 1 N–H and O–H groups in total. The molecule has 0 bridgehead atoms. The molecule has 0 saturated carbocycles. The van der Waals surface area contributed by atoms with Crippen LogP contribution in [0.5, 0.6) is 0 Å². The standard InChI is InChI=1S/C22H21NO3S2/c24-20(25)9-5-2-6-14-23-21(26)19(28-22(23)27)15-16-10-12-18(13-11-16)17-7-3-1-4-8-17/h1,3-4,7-8,10-13,15H,2,5-6,9,14H2,(H,24,25)/b19-15-. The van der Waals surface area contributed by atoms with Gasteiger partial charge in [-0.15, -0.1) is 0 Å². The highest BCUT2D eigenvalue weighted by atomic mass is 32.2. The first-order valence-electron chi connectivity index (χ1n) is 9.17. The fraction of sp³-hybridized carbons (Fsp3) is 0.227. The number of carbonyl (C=O) groups is 2. The van der Waals surface area contributed by atoms with Crippen molar-refractivity contribution in [1.82, 2.24) is 4.90 Å². The number of carbonyl (C=O) groups excluding carboxylic acids is 1. The molecule has 1 aliphatic rings. The van der Waals surface area contributed by atoms with Crippen molar-refractivity contribution in [2.45, 2.75) is 25.7 Å². The first-order valence-corrected chi connectivity index (χ1v) is 10.4. The summed E-state index contributed by atoms with van der Waals surface area (Å²) in [5, 5.41) is 8.67. The van der Waals surface area contributed by atoms with Crippen LogP contribution in [0.25, 0.3) is 17.2 Å². The van der Waals surface area contributed by atoms with Crippen LogP contribution in [0.3, 0.4) is 0 Å². The number of nitrogens with zero attached hydrogens (tertiary/aromatic N) is 1. The van der Waals surface area contributed by atoms with Gasteiger partial charge in [0.2, 0.25) is 0 Å². The molecule has 0 spiro atoms. The summed E-state index contributed by atoms with van der Waals surface area (Å²) in [4.78, 5) is 25.4. The number of unbranched alkanes of at least 4 members (excludes halogenated alkanes) is 2. The Hall–Kier alpha value is -2.44. The maximum absolute atomic E-state index is 12.6. The molecule has 1 fully saturated rings. The van der Waals surface area contributed by atoms with E-state index in [1.165, 1.54) is 11.8 Å². The number of benzene rings is 2. The van der Waals surface area contributed by atoms with Crippen molar-refractivity contribution in [1.29, 1.82) is 0 Å². The van der Waals surface area contributed by atoms with Crippen LogP contribution in [0.2, 0.25) is 0 Å². The number of amides is 1. The van der Waals surface area contributed by atoms with Crippen molar-refractivity contribution >= 4 is 46.3 Å². The fourth-order valence-corrected chi connectivity index (χ4v) is 4.28. The van der Waals surface area contributed by atoms with E-state index < -0.39 is 5.97 Å². The second-order valence-corrected chi connectivity index (χ2v) is 8.20. The van der Waals surface area contributed by atoms with Crippen molar-refractivity contribution in [2.75, 3.05) is 6.54 Å². The van der Waals surface area contributed by atoms with Gasteiger partial charge in [0, 0.05) is 13.0 Å². The molecule has 0 atom stereocenters. The topological polar surface area (TPSA) is 57.6 Å². The monoisotopic (exact) mass is 411 g/mol. The molecule has 0 radical (unpaired) electrons. The van der Waals surface area contributed by atoms with Crippen LogP contribution in [0.4, 0.5) is 0 Å². The van der Waals surface area contributed by atoms with Crippen LogP contribution < -0.4 is 0 Å². The van der Waals surface area contributed by atoms with Gasteiger partial charge in [-0.25, -0.2) is 0 Å². The van der Waals surface area contributed by atoms with Crippen LogP contribution in [0.15, 0.2) is 59.5 Å². The van der Waals surface area contributed by atoms with Crippen molar-refractivity contribution in [3.8, 4) is 11.1 Å². The molecule has 1 saturated heterocycles. The molecular weight excluding hydrogens is 390 g/mol. The van der Waals surface area contributed by atoms with Crippen LogP contribution in [0, 0.1) is 0 Å². The highest BCUT2D eigenvalue weighted by Crippen LogP contribution is 2.33. The van der Waals surface area contributed by atoms with E-state index in [0.717, 1.165) is 29.5 Å². The van der Waals surface area contributed by atoms with Gasteiger partial charge in [0.25, 0.3) is 5.91 Å². The molecule has 4 nitrogen and oxygen atoms in total. The molecule has 6 heteroatoms. The number of aliphatic carboxylic acids is 1. The first-order chi connectivity index (χ1) is 13.5. The zero-order valence-corrected chi connectivity index (χ0v) is 17.0.